The molecule has 0 atom stereocenters. The van der Waals surface area contributed by atoms with E-state index in [1.807, 2.05) is 25.1 Å². The zero-order valence-corrected chi connectivity index (χ0v) is 12.4. The SMILES string of the molecule is CCn1c(=O)c(C=NC2=NCCS2)c(O)c2ccccc21. The van der Waals surface area contributed by atoms with E-state index in [9.17, 15) is 9.90 Å². The summed E-state index contributed by atoms with van der Waals surface area (Å²) in [6.45, 7) is 3.19. The van der Waals surface area contributed by atoms with Gasteiger partial charge in [0.25, 0.3) is 5.56 Å². The number of para-hydroxylation sites is 1. The Bertz CT molecular complexity index is 808. The number of fused-ring (bicyclic) bond motifs is 1. The summed E-state index contributed by atoms with van der Waals surface area (Å²) in [4.78, 5) is 20.9. The van der Waals surface area contributed by atoms with E-state index < -0.39 is 0 Å². The first kappa shape index (κ1) is 13.9. The number of pyridine rings is 1. The Hall–Kier alpha value is -2.08. The second-order valence-electron chi connectivity index (χ2n) is 4.60. The van der Waals surface area contributed by atoms with Crippen molar-refractivity contribution in [2.75, 3.05) is 12.3 Å². The number of aryl methyl sites for hydroxylation is 1. The average molecular weight is 301 g/mol. The van der Waals surface area contributed by atoms with Gasteiger partial charge in [0.05, 0.1) is 12.1 Å². The van der Waals surface area contributed by atoms with Crippen LogP contribution in [0.3, 0.4) is 0 Å². The summed E-state index contributed by atoms with van der Waals surface area (Å²) in [5.74, 6) is 0.892. The van der Waals surface area contributed by atoms with Gasteiger partial charge in [-0.05, 0) is 19.1 Å². The summed E-state index contributed by atoms with van der Waals surface area (Å²) in [5.41, 5.74) is 0.707. The van der Waals surface area contributed by atoms with Gasteiger partial charge in [0.1, 0.15) is 11.3 Å². The van der Waals surface area contributed by atoms with E-state index in [1.165, 1.54) is 6.21 Å². The molecule has 0 radical (unpaired) electrons. The number of rotatable bonds is 2. The Morgan fingerprint density at radius 1 is 1.48 bits per heavy atom. The van der Waals surface area contributed by atoms with Crippen LogP contribution in [0.15, 0.2) is 39.0 Å². The van der Waals surface area contributed by atoms with Crippen LogP contribution < -0.4 is 5.56 Å². The van der Waals surface area contributed by atoms with Gasteiger partial charge in [-0.1, -0.05) is 23.9 Å². The van der Waals surface area contributed by atoms with Gasteiger partial charge in [-0.2, -0.15) is 0 Å². The van der Waals surface area contributed by atoms with Crippen LogP contribution >= 0.6 is 11.8 Å². The Morgan fingerprint density at radius 2 is 2.29 bits per heavy atom. The number of amidine groups is 1. The second kappa shape index (κ2) is 5.73. The van der Waals surface area contributed by atoms with Gasteiger partial charge in [-0.25, -0.2) is 4.99 Å². The number of aliphatic imine (C=N–C) groups is 2. The normalized spacial score (nSPS) is 15.0. The Morgan fingerprint density at radius 3 is 3.00 bits per heavy atom. The number of hydrogen-bond donors (Lipinski definition) is 1. The average Bonchev–Trinajstić information content (AvgIpc) is 3.01. The van der Waals surface area contributed by atoms with E-state index in [0.717, 1.165) is 17.8 Å². The maximum Gasteiger partial charge on any atom is 0.263 e. The van der Waals surface area contributed by atoms with Crippen molar-refractivity contribution in [3.8, 4) is 5.75 Å². The van der Waals surface area contributed by atoms with Gasteiger partial charge >= 0.3 is 0 Å². The standard InChI is InChI=1S/C15H15N3O2S/c1-2-18-12-6-4-3-5-10(12)13(19)11(14(18)20)9-17-15-16-7-8-21-15/h3-6,9,19H,2,7-8H2,1H3. The molecule has 1 aliphatic heterocycles. The molecule has 108 valence electrons. The fraction of sp³-hybridized carbons (Fsp3) is 0.267. The molecular formula is C15H15N3O2S. The first-order valence-corrected chi connectivity index (χ1v) is 7.76. The Labute approximate surface area is 126 Å². The lowest BCUT2D eigenvalue weighted by Crippen LogP contribution is -2.23. The van der Waals surface area contributed by atoms with E-state index in [2.05, 4.69) is 9.98 Å². The number of aromatic hydroxyl groups is 1. The molecule has 0 amide bonds. The summed E-state index contributed by atoms with van der Waals surface area (Å²) < 4.78 is 1.64. The van der Waals surface area contributed by atoms with E-state index in [0.29, 0.717) is 17.1 Å². The van der Waals surface area contributed by atoms with Crippen molar-refractivity contribution in [3.63, 3.8) is 0 Å². The van der Waals surface area contributed by atoms with Crippen LogP contribution in [0.1, 0.15) is 12.5 Å². The summed E-state index contributed by atoms with van der Waals surface area (Å²) >= 11 is 1.55. The van der Waals surface area contributed by atoms with E-state index in [4.69, 9.17) is 0 Å². The minimum atomic E-state index is -0.235. The van der Waals surface area contributed by atoms with Crippen LogP contribution in [0, 0.1) is 0 Å². The van der Waals surface area contributed by atoms with Crippen molar-refractivity contribution in [1.29, 1.82) is 0 Å². The number of benzene rings is 1. The third-order valence-electron chi connectivity index (χ3n) is 3.37. The molecule has 6 heteroatoms. The lowest BCUT2D eigenvalue weighted by molar-refractivity contribution is 0.478. The molecule has 1 aliphatic rings. The van der Waals surface area contributed by atoms with E-state index >= 15 is 0 Å². The topological polar surface area (TPSA) is 67.0 Å². The quantitative estimate of drug-likeness (QED) is 0.865. The molecule has 2 heterocycles. The largest absolute Gasteiger partial charge is 0.506 e. The summed E-state index contributed by atoms with van der Waals surface area (Å²) in [5, 5.41) is 11.7. The highest BCUT2D eigenvalue weighted by atomic mass is 32.2. The summed E-state index contributed by atoms with van der Waals surface area (Å²) in [7, 11) is 0. The van der Waals surface area contributed by atoms with Crippen LogP contribution in [-0.2, 0) is 6.54 Å². The van der Waals surface area contributed by atoms with Gasteiger partial charge in [0.2, 0.25) is 0 Å². The molecular weight excluding hydrogens is 286 g/mol. The second-order valence-corrected chi connectivity index (χ2v) is 5.66. The highest BCUT2D eigenvalue weighted by molar-refractivity contribution is 8.14. The molecule has 0 aliphatic carbocycles. The van der Waals surface area contributed by atoms with Crippen molar-refractivity contribution in [2.45, 2.75) is 13.5 Å². The van der Waals surface area contributed by atoms with Crippen LogP contribution in [0.2, 0.25) is 0 Å². The Balaban J connectivity index is 2.20. The lowest BCUT2D eigenvalue weighted by atomic mass is 10.1. The fourth-order valence-electron chi connectivity index (χ4n) is 2.36. The molecule has 0 spiro atoms. The highest BCUT2D eigenvalue weighted by Crippen LogP contribution is 2.25. The summed E-state index contributed by atoms with van der Waals surface area (Å²) in [6.07, 6.45) is 1.42. The molecule has 0 saturated carbocycles. The number of hydrogen-bond acceptors (Lipinski definition) is 5. The van der Waals surface area contributed by atoms with Crippen LogP contribution in [-0.4, -0.2) is 33.4 Å². The molecule has 0 bridgehead atoms. The zero-order chi connectivity index (χ0) is 14.8. The molecule has 3 rings (SSSR count). The molecule has 21 heavy (non-hydrogen) atoms. The van der Waals surface area contributed by atoms with Gasteiger partial charge < -0.3 is 9.67 Å². The van der Waals surface area contributed by atoms with Crippen molar-refractivity contribution in [1.82, 2.24) is 4.57 Å². The molecule has 0 saturated heterocycles. The molecule has 1 aromatic heterocycles. The highest BCUT2D eigenvalue weighted by Gasteiger charge is 2.14. The number of aromatic nitrogens is 1. The smallest absolute Gasteiger partial charge is 0.263 e. The van der Waals surface area contributed by atoms with Crippen molar-refractivity contribution in [2.24, 2.45) is 9.98 Å². The first-order valence-electron chi connectivity index (χ1n) is 6.78. The van der Waals surface area contributed by atoms with E-state index in [-0.39, 0.29) is 16.9 Å². The molecule has 0 unspecified atom stereocenters. The maximum absolute atomic E-state index is 12.5. The van der Waals surface area contributed by atoms with Gasteiger partial charge in [0, 0.05) is 23.9 Å². The van der Waals surface area contributed by atoms with Crippen LogP contribution in [0.25, 0.3) is 10.9 Å². The minimum absolute atomic E-state index is 0.0207. The molecule has 1 aromatic carbocycles. The predicted octanol–water partition coefficient (Wildman–Crippen LogP) is 2.25. The van der Waals surface area contributed by atoms with Crippen molar-refractivity contribution < 1.29 is 5.11 Å². The fourth-order valence-corrected chi connectivity index (χ4v) is 3.04. The third kappa shape index (κ3) is 2.47. The zero-order valence-electron chi connectivity index (χ0n) is 11.6. The van der Waals surface area contributed by atoms with E-state index in [1.54, 1.807) is 22.4 Å². The van der Waals surface area contributed by atoms with Crippen molar-refractivity contribution in [3.05, 3.63) is 40.2 Å². The third-order valence-corrected chi connectivity index (χ3v) is 4.25. The maximum atomic E-state index is 12.5. The first-order chi connectivity index (χ1) is 10.2. The van der Waals surface area contributed by atoms with Crippen molar-refractivity contribution >= 4 is 34.0 Å². The van der Waals surface area contributed by atoms with Gasteiger partial charge in [-0.15, -0.1) is 0 Å². The minimum Gasteiger partial charge on any atom is -0.506 e. The van der Waals surface area contributed by atoms with Gasteiger partial charge in [0.15, 0.2) is 5.17 Å². The molecule has 0 fully saturated rings. The monoisotopic (exact) mass is 301 g/mol. The predicted molar refractivity (Wildman–Crippen MR) is 87.9 cm³/mol. The molecule has 2 aromatic rings. The molecule has 5 nitrogen and oxygen atoms in total. The number of nitrogens with zero attached hydrogens (tertiary/aromatic N) is 3. The lowest BCUT2D eigenvalue weighted by Gasteiger charge is -2.11. The Kier molecular flexibility index (Phi) is 3.79. The van der Waals surface area contributed by atoms with Crippen LogP contribution in [0.5, 0.6) is 5.75 Å². The molecule has 1 N–H and O–H groups in total. The summed E-state index contributed by atoms with van der Waals surface area (Å²) in [6, 6.07) is 7.32. The van der Waals surface area contributed by atoms with Crippen LogP contribution in [0.4, 0.5) is 0 Å². The number of thioether (sulfide) groups is 1. The van der Waals surface area contributed by atoms with Gasteiger partial charge in [-0.3, -0.25) is 9.79 Å².